The van der Waals surface area contributed by atoms with E-state index in [1.165, 1.54) is 4.90 Å². The number of nitrogens with zero attached hydrogens (tertiary/aromatic N) is 1. The number of hydrogen-bond acceptors (Lipinski definition) is 3. The highest BCUT2D eigenvalue weighted by Crippen LogP contribution is 2.37. The monoisotopic (exact) mass is 346 g/mol. The summed E-state index contributed by atoms with van der Waals surface area (Å²) in [5.41, 5.74) is 2.08. The number of anilines is 1. The van der Waals surface area contributed by atoms with Crippen molar-refractivity contribution in [2.45, 2.75) is 23.6 Å². The van der Waals surface area contributed by atoms with Crippen LogP contribution in [-0.2, 0) is 11.3 Å². The second-order valence-corrected chi connectivity index (χ2v) is 7.53. The Morgan fingerprint density at radius 2 is 2.00 bits per heavy atom. The topological polar surface area (TPSA) is 32.3 Å². The average Bonchev–Trinajstić information content (AvgIpc) is 2.54. The first kappa shape index (κ1) is 16.2. The van der Waals surface area contributed by atoms with Gasteiger partial charge in [0.1, 0.15) is 0 Å². The van der Waals surface area contributed by atoms with Gasteiger partial charge < -0.3 is 10.2 Å². The Morgan fingerprint density at radius 3 is 2.83 bits per heavy atom. The van der Waals surface area contributed by atoms with E-state index in [-0.39, 0.29) is 5.91 Å². The molecule has 1 aliphatic rings. The third kappa shape index (κ3) is 4.01. The lowest BCUT2D eigenvalue weighted by molar-refractivity contribution is -0.119. The van der Waals surface area contributed by atoms with Crippen molar-refractivity contribution in [3.8, 4) is 0 Å². The van der Waals surface area contributed by atoms with E-state index >= 15 is 0 Å². The molecule has 1 amide bonds. The molecule has 0 saturated carbocycles. The van der Waals surface area contributed by atoms with E-state index in [0.29, 0.717) is 23.4 Å². The molecule has 1 aliphatic heterocycles. The Kier molecular flexibility index (Phi) is 5.13. The minimum atomic E-state index is 0.0128. The smallest absolute Gasteiger partial charge is 0.239 e. The molecule has 23 heavy (non-hydrogen) atoms. The molecule has 5 heteroatoms. The van der Waals surface area contributed by atoms with Gasteiger partial charge in [0, 0.05) is 28.3 Å². The van der Waals surface area contributed by atoms with Gasteiger partial charge in [-0.2, -0.15) is 0 Å². The summed E-state index contributed by atoms with van der Waals surface area (Å²) in [5.74, 6) is 0.0128. The van der Waals surface area contributed by atoms with E-state index in [2.05, 4.69) is 29.3 Å². The molecule has 1 atom stereocenters. The molecular formula is C18H19ClN2OS. The third-order valence-electron chi connectivity index (χ3n) is 3.78. The number of halogens is 1. The molecule has 0 radical (unpaired) electrons. The zero-order chi connectivity index (χ0) is 16.2. The van der Waals surface area contributed by atoms with Crippen molar-refractivity contribution < 1.29 is 4.79 Å². The lowest BCUT2D eigenvalue weighted by Crippen LogP contribution is -2.41. The molecule has 0 aromatic heterocycles. The van der Waals surface area contributed by atoms with Gasteiger partial charge >= 0.3 is 0 Å². The predicted molar refractivity (Wildman–Crippen MR) is 97.3 cm³/mol. The first-order chi connectivity index (χ1) is 11.1. The standard InChI is InChI=1S/C18H19ClN2OS/c1-13-11-21(16-8-4-5-9-17(16)23-13)12-18(22)20-10-14-6-2-3-7-15(14)19/h2-9,13H,10-12H2,1H3,(H,20,22). The zero-order valence-corrected chi connectivity index (χ0v) is 14.5. The van der Waals surface area contributed by atoms with Crippen LogP contribution in [0.5, 0.6) is 0 Å². The molecule has 1 unspecified atom stereocenters. The van der Waals surface area contributed by atoms with Crippen LogP contribution in [-0.4, -0.2) is 24.2 Å². The van der Waals surface area contributed by atoms with Crippen LogP contribution in [0, 0.1) is 0 Å². The molecule has 0 spiro atoms. The number of hydrogen-bond donors (Lipinski definition) is 1. The van der Waals surface area contributed by atoms with Gasteiger partial charge in [0.15, 0.2) is 0 Å². The number of fused-ring (bicyclic) bond motifs is 1. The highest BCUT2D eigenvalue weighted by Gasteiger charge is 2.23. The summed E-state index contributed by atoms with van der Waals surface area (Å²) in [6.07, 6.45) is 0. The zero-order valence-electron chi connectivity index (χ0n) is 13.0. The maximum Gasteiger partial charge on any atom is 0.239 e. The van der Waals surface area contributed by atoms with Crippen molar-refractivity contribution in [2.24, 2.45) is 0 Å². The maximum atomic E-state index is 12.3. The number of carbonyl (C=O) groups is 1. The minimum absolute atomic E-state index is 0.0128. The normalized spacial score (nSPS) is 16.8. The third-order valence-corrected chi connectivity index (χ3v) is 5.30. The lowest BCUT2D eigenvalue weighted by atomic mass is 10.2. The fraction of sp³-hybridized carbons (Fsp3) is 0.278. The summed E-state index contributed by atoms with van der Waals surface area (Å²) in [4.78, 5) is 15.7. The number of para-hydroxylation sites is 1. The van der Waals surface area contributed by atoms with Gasteiger partial charge in [-0.3, -0.25) is 4.79 Å². The van der Waals surface area contributed by atoms with Crippen LogP contribution in [0.1, 0.15) is 12.5 Å². The predicted octanol–water partition coefficient (Wildman–Crippen LogP) is 3.96. The highest BCUT2D eigenvalue weighted by molar-refractivity contribution is 8.00. The number of nitrogens with one attached hydrogen (secondary N) is 1. The molecule has 0 saturated heterocycles. The summed E-state index contributed by atoms with van der Waals surface area (Å²) in [5, 5.41) is 4.12. The SMILES string of the molecule is CC1CN(CC(=O)NCc2ccccc2Cl)c2ccccc2S1. The molecule has 3 rings (SSSR count). The van der Waals surface area contributed by atoms with Crippen molar-refractivity contribution in [3.63, 3.8) is 0 Å². The molecule has 1 N–H and O–H groups in total. The number of thioether (sulfide) groups is 1. The van der Waals surface area contributed by atoms with Gasteiger partial charge in [0.05, 0.1) is 12.2 Å². The molecule has 3 nitrogen and oxygen atoms in total. The first-order valence-electron chi connectivity index (χ1n) is 7.64. The Bertz CT molecular complexity index is 707. The van der Waals surface area contributed by atoms with Gasteiger partial charge in [-0.05, 0) is 23.8 Å². The largest absolute Gasteiger partial charge is 0.360 e. The number of rotatable bonds is 4. The molecule has 0 aliphatic carbocycles. The lowest BCUT2D eigenvalue weighted by Gasteiger charge is -2.33. The Hall–Kier alpha value is -1.65. The van der Waals surface area contributed by atoms with E-state index < -0.39 is 0 Å². The van der Waals surface area contributed by atoms with Gasteiger partial charge in [-0.1, -0.05) is 48.9 Å². The van der Waals surface area contributed by atoms with E-state index in [4.69, 9.17) is 11.6 Å². The Balaban J connectivity index is 1.63. The van der Waals surface area contributed by atoms with Crippen LogP contribution in [0.15, 0.2) is 53.4 Å². The van der Waals surface area contributed by atoms with Crippen LogP contribution < -0.4 is 10.2 Å². The quantitative estimate of drug-likeness (QED) is 0.909. The van der Waals surface area contributed by atoms with Gasteiger partial charge in [-0.15, -0.1) is 11.8 Å². The number of carbonyl (C=O) groups excluding carboxylic acids is 1. The fourth-order valence-electron chi connectivity index (χ4n) is 2.70. The van der Waals surface area contributed by atoms with Gasteiger partial charge in [-0.25, -0.2) is 0 Å². The van der Waals surface area contributed by atoms with Crippen LogP contribution in [0.3, 0.4) is 0 Å². The maximum absolute atomic E-state index is 12.3. The summed E-state index contributed by atoms with van der Waals surface area (Å²) in [6, 6.07) is 15.8. The minimum Gasteiger partial charge on any atom is -0.360 e. The second-order valence-electron chi connectivity index (χ2n) is 5.64. The molecule has 1 heterocycles. The molecule has 2 aromatic carbocycles. The van der Waals surface area contributed by atoms with E-state index in [1.807, 2.05) is 48.2 Å². The van der Waals surface area contributed by atoms with Crippen LogP contribution in [0.25, 0.3) is 0 Å². The molecule has 0 fully saturated rings. The summed E-state index contributed by atoms with van der Waals surface area (Å²) in [7, 11) is 0. The van der Waals surface area contributed by atoms with Crippen molar-refractivity contribution in [3.05, 3.63) is 59.1 Å². The van der Waals surface area contributed by atoms with Crippen molar-refractivity contribution in [1.82, 2.24) is 5.32 Å². The molecule has 0 bridgehead atoms. The molecular weight excluding hydrogens is 328 g/mol. The van der Waals surface area contributed by atoms with Gasteiger partial charge in [0.2, 0.25) is 5.91 Å². The fourth-order valence-corrected chi connectivity index (χ4v) is 4.06. The van der Waals surface area contributed by atoms with E-state index in [1.54, 1.807) is 0 Å². The van der Waals surface area contributed by atoms with Gasteiger partial charge in [0.25, 0.3) is 0 Å². The number of amides is 1. The Morgan fingerprint density at radius 1 is 1.26 bits per heavy atom. The summed E-state index contributed by atoms with van der Waals surface area (Å²) < 4.78 is 0. The summed E-state index contributed by atoms with van der Waals surface area (Å²) in [6.45, 7) is 3.89. The second kappa shape index (κ2) is 7.28. The van der Waals surface area contributed by atoms with E-state index in [0.717, 1.165) is 17.8 Å². The van der Waals surface area contributed by atoms with Crippen LogP contribution in [0.2, 0.25) is 5.02 Å². The number of benzene rings is 2. The summed E-state index contributed by atoms with van der Waals surface area (Å²) >= 11 is 7.99. The average molecular weight is 347 g/mol. The van der Waals surface area contributed by atoms with Crippen LogP contribution in [0.4, 0.5) is 5.69 Å². The molecule has 2 aromatic rings. The Labute approximate surface area is 146 Å². The highest BCUT2D eigenvalue weighted by atomic mass is 35.5. The van der Waals surface area contributed by atoms with E-state index in [9.17, 15) is 4.79 Å². The first-order valence-corrected chi connectivity index (χ1v) is 8.90. The van der Waals surface area contributed by atoms with Crippen molar-refractivity contribution >= 4 is 35.0 Å². The van der Waals surface area contributed by atoms with Crippen LogP contribution >= 0.6 is 23.4 Å². The van der Waals surface area contributed by atoms with Crippen molar-refractivity contribution in [1.29, 1.82) is 0 Å². The molecule has 120 valence electrons. The van der Waals surface area contributed by atoms with Crippen molar-refractivity contribution in [2.75, 3.05) is 18.0 Å².